The molecule has 2 aliphatic heterocycles. The summed E-state index contributed by atoms with van der Waals surface area (Å²) in [5, 5.41) is 12.9. The molecule has 10 heteroatoms. The Morgan fingerprint density at radius 1 is 0.746 bits per heavy atom. The molecular weight excluding hydrogens is 762 g/mol. The van der Waals surface area contributed by atoms with Crippen molar-refractivity contribution in [2.24, 2.45) is 11.8 Å². The van der Waals surface area contributed by atoms with Crippen molar-refractivity contribution in [2.75, 3.05) is 40.4 Å². The molecule has 2 fully saturated rings. The van der Waals surface area contributed by atoms with E-state index in [2.05, 4.69) is 61.6 Å². The smallest absolute Gasteiger partial charge is 1.00 e. The number of carbonyl (C=O) groups excluding carboxylic acids is 1. The van der Waals surface area contributed by atoms with Gasteiger partial charge >= 0.3 is 51.4 Å². The molecule has 1 amide bonds. The molecule has 2 N–H and O–H groups in total. The zero-order valence-electron chi connectivity index (χ0n) is 36.5. The Morgan fingerprint density at radius 3 is 1.71 bits per heavy atom. The molecular formula is C49H59KN5O4+. The number of piperidine rings is 2. The maximum atomic E-state index is 12.9. The van der Waals surface area contributed by atoms with Crippen molar-refractivity contribution in [1.29, 1.82) is 0 Å². The van der Waals surface area contributed by atoms with Crippen LogP contribution in [0.1, 0.15) is 100 Å². The van der Waals surface area contributed by atoms with Crippen LogP contribution in [0.4, 0.5) is 0 Å². The Labute approximate surface area is 393 Å². The van der Waals surface area contributed by atoms with Gasteiger partial charge in [-0.05, 0) is 153 Å². The summed E-state index contributed by atoms with van der Waals surface area (Å²) in [6.45, 7) is 8.00. The van der Waals surface area contributed by atoms with E-state index >= 15 is 0 Å². The molecule has 3 aromatic heterocycles. The third-order valence-corrected chi connectivity index (χ3v) is 13.0. The Hall–Kier alpha value is -3.64. The molecule has 2 atom stereocenters. The van der Waals surface area contributed by atoms with Crippen molar-refractivity contribution in [3.63, 3.8) is 0 Å². The van der Waals surface area contributed by atoms with E-state index in [1.807, 2.05) is 23.4 Å². The zero-order chi connectivity index (χ0) is 40.2. The maximum Gasteiger partial charge on any atom is 1.00 e. The number of nitrogens with one attached hydrogen (secondary N) is 1. The number of aromatic nitrogens is 3. The van der Waals surface area contributed by atoms with E-state index in [9.17, 15) is 10.0 Å². The summed E-state index contributed by atoms with van der Waals surface area (Å²) >= 11 is 0. The van der Waals surface area contributed by atoms with E-state index in [4.69, 9.17) is 19.4 Å². The van der Waals surface area contributed by atoms with Gasteiger partial charge < -0.3 is 21.1 Å². The number of methoxy groups -OCH3 is 2. The monoisotopic (exact) mass is 820 g/mol. The van der Waals surface area contributed by atoms with Gasteiger partial charge in [-0.2, -0.15) is 0 Å². The normalized spacial score (nSPS) is 18.9. The second kappa shape index (κ2) is 19.8. The molecule has 5 aromatic rings. The molecule has 2 unspecified atom stereocenters. The van der Waals surface area contributed by atoms with Crippen molar-refractivity contribution in [3.05, 3.63) is 147 Å². The van der Waals surface area contributed by atoms with Crippen LogP contribution in [0, 0.1) is 25.7 Å². The predicted molar refractivity (Wildman–Crippen MR) is 226 cm³/mol. The Bertz CT molecular complexity index is 2240. The number of amides is 1. The van der Waals surface area contributed by atoms with Gasteiger partial charge in [-0.15, -0.1) is 0 Å². The van der Waals surface area contributed by atoms with Gasteiger partial charge in [0.2, 0.25) is 18.3 Å². The maximum absolute atomic E-state index is 12.9. The Morgan fingerprint density at radius 2 is 1.22 bits per heavy atom. The van der Waals surface area contributed by atoms with E-state index < -0.39 is 0 Å². The van der Waals surface area contributed by atoms with Crippen LogP contribution in [0.5, 0.6) is 11.5 Å². The second-order valence-corrected chi connectivity index (χ2v) is 16.7. The van der Waals surface area contributed by atoms with E-state index in [1.54, 1.807) is 38.7 Å². The average Bonchev–Trinajstić information content (AvgIpc) is 3.53. The minimum atomic E-state index is 0. The summed E-state index contributed by atoms with van der Waals surface area (Å²) in [5.74, 6) is 3.72. The quantitative estimate of drug-likeness (QED) is 0.149. The second-order valence-electron chi connectivity index (χ2n) is 16.7. The Kier molecular flexibility index (Phi) is 14.6. The van der Waals surface area contributed by atoms with E-state index in [0.717, 1.165) is 86.5 Å². The molecule has 0 spiro atoms. The number of carbonyl (C=O) groups is 1. The van der Waals surface area contributed by atoms with Crippen LogP contribution in [0.15, 0.2) is 85.5 Å². The number of benzene rings is 2. The van der Waals surface area contributed by atoms with Crippen molar-refractivity contribution in [2.45, 2.75) is 83.5 Å². The van der Waals surface area contributed by atoms with Crippen molar-refractivity contribution < 1.29 is 77.0 Å². The average molecular weight is 821 g/mol. The summed E-state index contributed by atoms with van der Waals surface area (Å²) in [5.41, 5.74) is 14.1. The molecule has 2 saturated heterocycles. The molecule has 0 bridgehead atoms. The van der Waals surface area contributed by atoms with Gasteiger partial charge in [-0.25, -0.2) is 0 Å². The van der Waals surface area contributed by atoms with E-state index in [1.165, 1.54) is 68.7 Å². The van der Waals surface area contributed by atoms with Crippen LogP contribution in [0.2, 0.25) is 0 Å². The SMILES string of the molecule is COc1cc(C)cc2c1C(C1CCN(C(=O)Cc3cc[n+](O)cc3)CC1)c1ncccc1CC2.COc1cc(C)cc2c1C(C1CCNCC1)c1ncccc1CC2.[H-].[K+]. The number of nitrogens with zero attached hydrogens (tertiary/aromatic N) is 4. The van der Waals surface area contributed by atoms with Gasteiger partial charge in [0.15, 0.2) is 0 Å². The first kappa shape index (κ1) is 43.4. The van der Waals surface area contributed by atoms with E-state index in [0.29, 0.717) is 24.2 Å². The minimum Gasteiger partial charge on any atom is -1.00 e. The van der Waals surface area contributed by atoms with Crippen LogP contribution in [-0.2, 0) is 36.9 Å². The van der Waals surface area contributed by atoms with Crippen LogP contribution in [0.3, 0.4) is 0 Å². The van der Waals surface area contributed by atoms with Crippen molar-refractivity contribution in [3.8, 4) is 11.5 Å². The van der Waals surface area contributed by atoms with Gasteiger partial charge in [0.25, 0.3) is 0 Å². The first-order valence-electron chi connectivity index (χ1n) is 21.2. The van der Waals surface area contributed by atoms with Gasteiger partial charge in [0.05, 0.1) is 32.0 Å². The largest absolute Gasteiger partial charge is 1.00 e. The van der Waals surface area contributed by atoms with Gasteiger partial charge in [-0.1, -0.05) is 24.3 Å². The van der Waals surface area contributed by atoms with Gasteiger partial charge in [-0.3, -0.25) is 20.0 Å². The topological polar surface area (TPSA) is 101 Å². The molecule has 2 aliphatic carbocycles. The summed E-state index contributed by atoms with van der Waals surface area (Å²) in [7, 11) is 3.57. The predicted octanol–water partition coefficient (Wildman–Crippen LogP) is 4.38. The van der Waals surface area contributed by atoms with Crippen LogP contribution >= 0.6 is 0 Å². The zero-order valence-corrected chi connectivity index (χ0v) is 38.7. The number of hydrogen-bond donors (Lipinski definition) is 2. The molecule has 5 heterocycles. The summed E-state index contributed by atoms with van der Waals surface area (Å²) in [6.07, 6.45) is 15.7. The minimum absolute atomic E-state index is 0. The number of likely N-dealkylation sites (tertiary alicyclic amines) is 1. The molecule has 9 rings (SSSR count). The van der Waals surface area contributed by atoms with Gasteiger partial charge in [0, 0.05) is 65.3 Å². The Balaban J connectivity index is 0.000000205. The van der Waals surface area contributed by atoms with E-state index in [-0.39, 0.29) is 64.6 Å². The number of fused-ring (bicyclic) bond motifs is 4. The third kappa shape index (κ3) is 9.64. The number of ether oxygens (including phenoxy) is 2. The standard InChI is InChI=1S/C28H32N3O3.C21H26N2O.K.H/c1-19-16-23-6-5-22-4-3-11-29-28(22)27(26(23)24(17-19)34-2)21-9-12-30(13-10-21)25(32)18-20-7-14-31(33)15-8-20;1-14-12-17-6-5-16-4-3-9-23-21(16)20(15-7-10-22-11-8-15)19(17)18(13-14)24-2;;/h3-4,7-8,11,14-17,21,27,33H,5-6,9-10,12-13,18H2,1-2H3;3-4,9,12-13,15,20,22H,5-8,10-11H2,1-2H3;;/q+1;;+1;-1. The first-order valence-corrected chi connectivity index (χ1v) is 21.2. The number of rotatable bonds is 6. The van der Waals surface area contributed by atoms with Crippen LogP contribution < -0.4 is 70.9 Å². The number of aryl methyl sites for hydroxylation is 6. The molecule has 59 heavy (non-hydrogen) atoms. The molecule has 4 aliphatic rings. The number of pyridine rings is 3. The fraction of sp³-hybridized carbons (Fsp3) is 0.429. The summed E-state index contributed by atoms with van der Waals surface area (Å²) < 4.78 is 12.7. The summed E-state index contributed by atoms with van der Waals surface area (Å²) in [6, 6.07) is 21.2. The van der Waals surface area contributed by atoms with Crippen LogP contribution in [-0.4, -0.2) is 66.4 Å². The molecule has 0 radical (unpaired) electrons. The molecule has 304 valence electrons. The molecule has 0 saturated carbocycles. The van der Waals surface area contributed by atoms with Crippen molar-refractivity contribution >= 4 is 5.91 Å². The number of hydrogen-bond acceptors (Lipinski definition) is 7. The van der Waals surface area contributed by atoms with Crippen LogP contribution in [0.25, 0.3) is 0 Å². The van der Waals surface area contributed by atoms with Crippen molar-refractivity contribution in [1.82, 2.24) is 20.2 Å². The summed E-state index contributed by atoms with van der Waals surface area (Å²) in [4.78, 5) is 24.7. The third-order valence-electron chi connectivity index (χ3n) is 13.0. The fourth-order valence-corrected chi connectivity index (χ4v) is 10.3. The molecule has 2 aromatic carbocycles. The van der Waals surface area contributed by atoms with Gasteiger partial charge in [0.1, 0.15) is 11.5 Å². The molecule has 9 nitrogen and oxygen atoms in total. The fourth-order valence-electron chi connectivity index (χ4n) is 10.3. The first-order chi connectivity index (χ1) is 28.3.